The highest BCUT2D eigenvalue weighted by atomic mass is 16.5. The van der Waals surface area contributed by atoms with Gasteiger partial charge in [0.1, 0.15) is 6.61 Å². The molecule has 0 radical (unpaired) electrons. The van der Waals surface area contributed by atoms with Crippen LogP contribution < -0.4 is 14.8 Å². The van der Waals surface area contributed by atoms with Crippen molar-refractivity contribution in [2.45, 2.75) is 26.5 Å². The Morgan fingerprint density at radius 1 is 1.19 bits per heavy atom. The molecule has 1 aromatic carbocycles. The molecular weight excluding hydrogens is 264 g/mol. The van der Waals surface area contributed by atoms with Gasteiger partial charge in [-0.3, -0.25) is 4.98 Å². The van der Waals surface area contributed by atoms with Gasteiger partial charge in [0.15, 0.2) is 11.5 Å². The third-order valence-electron chi connectivity index (χ3n) is 3.44. The van der Waals surface area contributed by atoms with Gasteiger partial charge in [-0.1, -0.05) is 12.1 Å². The smallest absolute Gasteiger partial charge is 0.161 e. The number of pyridine rings is 1. The van der Waals surface area contributed by atoms with Crippen molar-refractivity contribution in [1.82, 2.24) is 10.3 Å². The molecule has 2 rings (SSSR count). The van der Waals surface area contributed by atoms with Gasteiger partial charge in [0.05, 0.1) is 12.8 Å². The van der Waals surface area contributed by atoms with Gasteiger partial charge in [-0.05, 0) is 50.7 Å². The maximum Gasteiger partial charge on any atom is 0.161 e. The summed E-state index contributed by atoms with van der Waals surface area (Å²) in [6.07, 6.45) is 0. The molecule has 0 aliphatic rings. The van der Waals surface area contributed by atoms with Crippen LogP contribution in [-0.4, -0.2) is 19.1 Å². The molecule has 1 heterocycles. The minimum Gasteiger partial charge on any atom is -0.493 e. The second-order valence-electron chi connectivity index (χ2n) is 4.98. The first-order chi connectivity index (χ1) is 10.1. The van der Waals surface area contributed by atoms with E-state index in [1.54, 1.807) is 7.11 Å². The fourth-order valence-electron chi connectivity index (χ4n) is 2.07. The Morgan fingerprint density at radius 2 is 2.00 bits per heavy atom. The highest BCUT2D eigenvalue weighted by molar-refractivity contribution is 5.43. The minimum absolute atomic E-state index is 0.270. The molecule has 1 atom stereocenters. The fraction of sp³-hybridized carbons (Fsp3) is 0.353. The number of rotatable bonds is 6. The summed E-state index contributed by atoms with van der Waals surface area (Å²) in [6.45, 7) is 4.50. The number of benzene rings is 1. The Bertz CT molecular complexity index is 599. The van der Waals surface area contributed by atoms with Gasteiger partial charge in [-0.15, -0.1) is 0 Å². The van der Waals surface area contributed by atoms with Gasteiger partial charge in [0.2, 0.25) is 0 Å². The fourth-order valence-corrected chi connectivity index (χ4v) is 2.07. The molecule has 0 spiro atoms. The summed E-state index contributed by atoms with van der Waals surface area (Å²) in [5.41, 5.74) is 3.06. The molecule has 1 N–H and O–H groups in total. The summed E-state index contributed by atoms with van der Waals surface area (Å²) in [6, 6.07) is 12.2. The first kappa shape index (κ1) is 15.3. The largest absolute Gasteiger partial charge is 0.493 e. The quantitative estimate of drug-likeness (QED) is 0.885. The summed E-state index contributed by atoms with van der Waals surface area (Å²) in [4.78, 5) is 4.43. The van der Waals surface area contributed by atoms with Crippen LogP contribution in [0.2, 0.25) is 0 Å². The second-order valence-corrected chi connectivity index (χ2v) is 4.98. The Morgan fingerprint density at radius 3 is 2.67 bits per heavy atom. The lowest BCUT2D eigenvalue weighted by Gasteiger charge is -2.15. The number of nitrogens with zero attached hydrogens (tertiary/aromatic N) is 1. The van der Waals surface area contributed by atoms with Crippen LogP contribution in [0.1, 0.15) is 29.9 Å². The molecule has 0 amide bonds. The van der Waals surface area contributed by atoms with Crippen LogP contribution in [0.5, 0.6) is 11.5 Å². The molecule has 112 valence electrons. The highest BCUT2D eigenvalue weighted by Crippen LogP contribution is 2.30. The maximum atomic E-state index is 5.83. The van der Waals surface area contributed by atoms with Crippen molar-refractivity contribution >= 4 is 0 Å². The summed E-state index contributed by atoms with van der Waals surface area (Å²) in [7, 11) is 3.59. The van der Waals surface area contributed by atoms with Crippen molar-refractivity contribution < 1.29 is 9.47 Å². The van der Waals surface area contributed by atoms with E-state index in [1.807, 2.05) is 50.4 Å². The molecule has 1 unspecified atom stereocenters. The van der Waals surface area contributed by atoms with E-state index in [4.69, 9.17) is 9.47 Å². The zero-order chi connectivity index (χ0) is 15.2. The van der Waals surface area contributed by atoms with Crippen LogP contribution in [-0.2, 0) is 6.61 Å². The van der Waals surface area contributed by atoms with Gasteiger partial charge in [0, 0.05) is 11.7 Å². The van der Waals surface area contributed by atoms with Crippen LogP contribution in [0, 0.1) is 6.92 Å². The molecule has 0 aliphatic carbocycles. The number of aryl methyl sites for hydroxylation is 1. The number of ether oxygens (including phenoxy) is 2. The molecule has 4 heteroatoms. The van der Waals surface area contributed by atoms with Crippen molar-refractivity contribution in [2.75, 3.05) is 14.2 Å². The molecule has 0 saturated carbocycles. The van der Waals surface area contributed by atoms with Crippen LogP contribution >= 0.6 is 0 Å². The monoisotopic (exact) mass is 286 g/mol. The van der Waals surface area contributed by atoms with Crippen molar-refractivity contribution in [3.63, 3.8) is 0 Å². The zero-order valence-corrected chi connectivity index (χ0v) is 13.0. The Balaban J connectivity index is 2.12. The van der Waals surface area contributed by atoms with E-state index in [1.165, 1.54) is 0 Å². The third-order valence-corrected chi connectivity index (χ3v) is 3.44. The van der Waals surface area contributed by atoms with Gasteiger partial charge >= 0.3 is 0 Å². The lowest BCUT2D eigenvalue weighted by molar-refractivity contribution is 0.280. The highest BCUT2D eigenvalue weighted by Gasteiger charge is 2.09. The average Bonchev–Trinajstić information content (AvgIpc) is 2.52. The van der Waals surface area contributed by atoms with Crippen molar-refractivity contribution in [1.29, 1.82) is 0 Å². The maximum absolute atomic E-state index is 5.83. The Labute approximate surface area is 126 Å². The van der Waals surface area contributed by atoms with E-state index in [9.17, 15) is 0 Å². The van der Waals surface area contributed by atoms with Gasteiger partial charge in [-0.2, -0.15) is 0 Å². The standard InChI is InChI=1S/C17H22N2O2/c1-12-6-5-7-15(19-12)11-21-16-9-8-14(13(2)18-3)10-17(16)20-4/h5-10,13,18H,11H2,1-4H3. The van der Waals surface area contributed by atoms with Crippen molar-refractivity contribution in [3.05, 3.63) is 53.3 Å². The van der Waals surface area contributed by atoms with E-state index >= 15 is 0 Å². The molecule has 0 bridgehead atoms. The van der Waals surface area contributed by atoms with Crippen LogP contribution in [0.3, 0.4) is 0 Å². The summed E-state index contributed by atoms with van der Waals surface area (Å²) >= 11 is 0. The number of hydrogen-bond acceptors (Lipinski definition) is 4. The molecule has 2 aromatic rings. The molecule has 0 aliphatic heterocycles. The van der Waals surface area contributed by atoms with Crippen LogP contribution in [0.15, 0.2) is 36.4 Å². The topological polar surface area (TPSA) is 43.4 Å². The van der Waals surface area contributed by atoms with E-state index in [0.717, 1.165) is 28.5 Å². The van der Waals surface area contributed by atoms with Gasteiger partial charge in [-0.25, -0.2) is 0 Å². The Hall–Kier alpha value is -2.07. The SMILES string of the molecule is CNC(C)c1ccc(OCc2cccc(C)n2)c(OC)c1. The lowest BCUT2D eigenvalue weighted by atomic mass is 10.1. The van der Waals surface area contributed by atoms with E-state index in [-0.39, 0.29) is 6.04 Å². The van der Waals surface area contributed by atoms with Crippen LogP contribution in [0.25, 0.3) is 0 Å². The van der Waals surface area contributed by atoms with Crippen LogP contribution in [0.4, 0.5) is 0 Å². The van der Waals surface area contributed by atoms with E-state index < -0.39 is 0 Å². The molecule has 0 fully saturated rings. The Kier molecular flexibility index (Phi) is 5.17. The zero-order valence-electron chi connectivity index (χ0n) is 13.0. The van der Waals surface area contributed by atoms with Gasteiger partial charge in [0.25, 0.3) is 0 Å². The van der Waals surface area contributed by atoms with E-state index in [0.29, 0.717) is 6.61 Å². The molecular formula is C17H22N2O2. The average molecular weight is 286 g/mol. The number of methoxy groups -OCH3 is 1. The molecule has 0 saturated heterocycles. The van der Waals surface area contributed by atoms with Gasteiger partial charge < -0.3 is 14.8 Å². The second kappa shape index (κ2) is 7.09. The molecule has 21 heavy (non-hydrogen) atoms. The van der Waals surface area contributed by atoms with E-state index in [2.05, 4.69) is 17.2 Å². The normalized spacial score (nSPS) is 12.0. The minimum atomic E-state index is 0.270. The predicted molar refractivity (Wildman–Crippen MR) is 83.8 cm³/mol. The third kappa shape index (κ3) is 3.95. The number of aromatic nitrogens is 1. The summed E-state index contributed by atoms with van der Waals surface area (Å²) < 4.78 is 11.2. The first-order valence-electron chi connectivity index (χ1n) is 7.04. The predicted octanol–water partition coefficient (Wildman–Crippen LogP) is 3.26. The van der Waals surface area contributed by atoms with Crippen molar-refractivity contribution in [3.8, 4) is 11.5 Å². The summed E-state index contributed by atoms with van der Waals surface area (Å²) in [5, 5.41) is 3.21. The number of hydrogen-bond donors (Lipinski definition) is 1. The number of nitrogens with one attached hydrogen (secondary N) is 1. The molecule has 1 aromatic heterocycles. The summed E-state index contributed by atoms with van der Waals surface area (Å²) in [5.74, 6) is 1.47. The molecule has 4 nitrogen and oxygen atoms in total. The van der Waals surface area contributed by atoms with Crippen molar-refractivity contribution in [2.24, 2.45) is 0 Å². The first-order valence-corrected chi connectivity index (χ1v) is 7.04. The lowest BCUT2D eigenvalue weighted by Crippen LogP contribution is -2.12.